The summed E-state index contributed by atoms with van der Waals surface area (Å²) in [6.45, 7) is 7.92. The lowest BCUT2D eigenvalue weighted by Gasteiger charge is -2.26. The molecule has 10 heteroatoms. The molecule has 0 saturated carbocycles. The van der Waals surface area contributed by atoms with Crippen molar-refractivity contribution in [1.29, 1.82) is 0 Å². The number of alkyl carbamates (subject to hydrolysis) is 1. The number of nitrogens with one attached hydrogen (secondary N) is 1. The molecule has 2 aromatic rings. The second-order valence-electron chi connectivity index (χ2n) is 12.5. The van der Waals surface area contributed by atoms with Crippen molar-refractivity contribution in [2.24, 2.45) is 4.99 Å². The summed E-state index contributed by atoms with van der Waals surface area (Å²) in [4.78, 5) is 33.7. The zero-order valence-corrected chi connectivity index (χ0v) is 26.6. The number of carboxylic acid groups (broad SMARTS) is 1. The highest BCUT2D eigenvalue weighted by molar-refractivity contribution is 5.98. The number of amides is 2. The summed E-state index contributed by atoms with van der Waals surface area (Å²) in [7, 11) is 0. The lowest BCUT2D eigenvalue weighted by atomic mass is 10.0. The van der Waals surface area contributed by atoms with Gasteiger partial charge in [-0.3, -0.25) is 5.32 Å². The minimum absolute atomic E-state index is 0.119. The second kappa shape index (κ2) is 17.6. The molecule has 1 atom stereocenters. The molecule has 238 valence electrons. The van der Waals surface area contributed by atoms with E-state index in [1.807, 2.05) is 12.1 Å². The fourth-order valence-electron chi connectivity index (χ4n) is 5.40. The van der Waals surface area contributed by atoms with Gasteiger partial charge in [0.25, 0.3) is 0 Å². The Balaban J connectivity index is 1.46. The number of hydrogen-bond donors (Lipinski definition) is 2. The van der Waals surface area contributed by atoms with Gasteiger partial charge in [0.1, 0.15) is 11.6 Å². The van der Waals surface area contributed by atoms with Crippen LogP contribution in [-0.2, 0) is 11.2 Å². The van der Waals surface area contributed by atoms with E-state index in [1.54, 1.807) is 25.7 Å². The number of carbonyl (C=O) groups excluding carboxylic acids is 1. The van der Waals surface area contributed by atoms with Gasteiger partial charge in [0, 0.05) is 12.1 Å². The summed E-state index contributed by atoms with van der Waals surface area (Å²) in [6.07, 6.45) is 16.4. The van der Waals surface area contributed by atoms with Crippen LogP contribution in [-0.4, -0.2) is 50.4 Å². The SMILES string of the molecule is CCCCCCCCCCCCCCc1ccc(-c2noc(C3CCCN3/C(=N/C(=O)O)NC(=O)OC(C)(C)C)n2)cc1. The summed E-state index contributed by atoms with van der Waals surface area (Å²) in [6, 6.07) is 7.85. The van der Waals surface area contributed by atoms with Gasteiger partial charge in [0.05, 0.1) is 0 Å². The molecule has 1 aliphatic heterocycles. The smallest absolute Gasteiger partial charge is 0.434 e. The Labute approximate surface area is 256 Å². The second-order valence-corrected chi connectivity index (χ2v) is 12.5. The van der Waals surface area contributed by atoms with Crippen molar-refractivity contribution >= 4 is 18.1 Å². The Bertz CT molecular complexity index is 1160. The number of unbranched alkanes of at least 4 members (excludes halogenated alkanes) is 11. The van der Waals surface area contributed by atoms with Gasteiger partial charge < -0.3 is 19.3 Å². The third-order valence-corrected chi connectivity index (χ3v) is 7.60. The third kappa shape index (κ3) is 12.4. The number of aryl methyl sites for hydroxylation is 1. The average Bonchev–Trinajstić information content (AvgIpc) is 3.63. The Morgan fingerprint density at radius 1 is 1.00 bits per heavy atom. The van der Waals surface area contributed by atoms with Gasteiger partial charge in [-0.2, -0.15) is 4.98 Å². The largest absolute Gasteiger partial charge is 0.463 e. The van der Waals surface area contributed by atoms with E-state index in [9.17, 15) is 14.7 Å². The van der Waals surface area contributed by atoms with Gasteiger partial charge in [-0.05, 0) is 52.0 Å². The summed E-state index contributed by atoms with van der Waals surface area (Å²) >= 11 is 0. The molecule has 0 aliphatic carbocycles. The normalized spacial score (nSPS) is 15.6. The van der Waals surface area contributed by atoms with Crippen molar-refractivity contribution in [3.63, 3.8) is 0 Å². The van der Waals surface area contributed by atoms with Crippen molar-refractivity contribution in [2.75, 3.05) is 6.54 Å². The molecular weight excluding hydrogens is 546 g/mol. The number of aliphatic imine (C=N–C) groups is 1. The number of rotatable bonds is 15. The monoisotopic (exact) mass is 597 g/mol. The number of ether oxygens (including phenoxy) is 1. The van der Waals surface area contributed by atoms with Gasteiger partial charge in [-0.25, -0.2) is 9.59 Å². The lowest BCUT2D eigenvalue weighted by Crippen LogP contribution is -2.46. The predicted octanol–water partition coefficient (Wildman–Crippen LogP) is 8.68. The lowest BCUT2D eigenvalue weighted by molar-refractivity contribution is 0.0555. The molecule has 1 aromatic heterocycles. The van der Waals surface area contributed by atoms with Crippen LogP contribution in [0, 0.1) is 0 Å². The average molecular weight is 598 g/mol. The third-order valence-electron chi connectivity index (χ3n) is 7.60. The number of hydrogen-bond acceptors (Lipinski definition) is 6. The topological polar surface area (TPSA) is 130 Å². The molecule has 1 aromatic carbocycles. The molecule has 2 N–H and O–H groups in total. The molecule has 1 aliphatic rings. The molecule has 43 heavy (non-hydrogen) atoms. The number of likely N-dealkylation sites (tertiary alicyclic amines) is 1. The first-order valence-electron chi connectivity index (χ1n) is 16.2. The standard InChI is InChI=1S/C33H51N5O5/c1-5-6-7-8-9-10-11-12-13-14-15-16-18-25-20-22-26(23-21-25)28-34-29(43-37-28)27-19-17-24-38(27)30(35-31(39)40)36-32(41)42-33(2,3)4/h20-23,27H,5-19,24H2,1-4H3,(H,39,40)(H,35,36,41). The molecule has 1 saturated heterocycles. The maximum absolute atomic E-state index is 12.4. The van der Waals surface area contributed by atoms with Gasteiger partial charge in [-0.1, -0.05) is 107 Å². The Morgan fingerprint density at radius 2 is 1.60 bits per heavy atom. The van der Waals surface area contributed by atoms with E-state index >= 15 is 0 Å². The highest BCUT2D eigenvalue weighted by atomic mass is 16.6. The minimum Gasteiger partial charge on any atom is -0.463 e. The fourth-order valence-corrected chi connectivity index (χ4v) is 5.40. The first-order valence-corrected chi connectivity index (χ1v) is 16.2. The van der Waals surface area contributed by atoms with E-state index in [4.69, 9.17) is 9.26 Å². The molecule has 3 rings (SSSR count). The number of nitrogens with zero attached hydrogens (tertiary/aromatic N) is 4. The van der Waals surface area contributed by atoms with Gasteiger partial charge in [0.2, 0.25) is 17.7 Å². The number of guanidine groups is 1. The maximum atomic E-state index is 12.4. The van der Waals surface area contributed by atoms with Crippen LogP contribution in [0.3, 0.4) is 0 Å². The highest BCUT2D eigenvalue weighted by Gasteiger charge is 2.35. The van der Waals surface area contributed by atoms with Crippen molar-refractivity contribution in [2.45, 2.75) is 136 Å². The number of aromatic nitrogens is 2. The van der Waals surface area contributed by atoms with Crippen LogP contribution in [0.2, 0.25) is 0 Å². The van der Waals surface area contributed by atoms with Crippen LogP contribution in [0.15, 0.2) is 33.8 Å². The zero-order chi connectivity index (χ0) is 31.1. The quantitative estimate of drug-likeness (QED) is 0.118. The fraction of sp³-hybridized carbons (Fsp3) is 0.667. The van der Waals surface area contributed by atoms with Crippen molar-refractivity contribution in [3.8, 4) is 11.4 Å². The van der Waals surface area contributed by atoms with Gasteiger partial charge >= 0.3 is 12.2 Å². The van der Waals surface area contributed by atoms with Crippen LogP contribution in [0.1, 0.15) is 135 Å². The Kier molecular flexibility index (Phi) is 14.0. The molecule has 2 amide bonds. The molecular formula is C33H51N5O5. The first-order chi connectivity index (χ1) is 20.7. The molecule has 0 radical (unpaired) electrons. The summed E-state index contributed by atoms with van der Waals surface area (Å²) < 4.78 is 10.9. The van der Waals surface area contributed by atoms with Crippen LogP contribution < -0.4 is 5.32 Å². The summed E-state index contributed by atoms with van der Waals surface area (Å²) in [5, 5.41) is 16.0. The predicted molar refractivity (Wildman–Crippen MR) is 168 cm³/mol. The van der Waals surface area contributed by atoms with Crippen molar-refractivity contribution in [3.05, 3.63) is 35.7 Å². The molecule has 0 bridgehead atoms. The van der Waals surface area contributed by atoms with E-state index in [0.29, 0.717) is 24.7 Å². The maximum Gasteiger partial charge on any atom is 0.434 e. The number of benzene rings is 1. The van der Waals surface area contributed by atoms with Crippen LogP contribution >= 0.6 is 0 Å². The van der Waals surface area contributed by atoms with Crippen molar-refractivity contribution < 1.29 is 24.0 Å². The molecule has 10 nitrogen and oxygen atoms in total. The summed E-state index contributed by atoms with van der Waals surface area (Å²) in [5.41, 5.74) is 1.40. The van der Waals surface area contributed by atoms with Crippen molar-refractivity contribution in [1.82, 2.24) is 20.4 Å². The highest BCUT2D eigenvalue weighted by Crippen LogP contribution is 2.32. The van der Waals surface area contributed by atoms with Gasteiger partial charge in [-0.15, -0.1) is 4.99 Å². The van der Waals surface area contributed by atoms with Gasteiger partial charge in [0.15, 0.2) is 0 Å². The minimum atomic E-state index is -1.42. The van der Waals surface area contributed by atoms with E-state index in [2.05, 4.69) is 39.5 Å². The van der Waals surface area contributed by atoms with E-state index < -0.39 is 23.8 Å². The first kappa shape index (κ1) is 34.1. The summed E-state index contributed by atoms with van der Waals surface area (Å²) in [5.74, 6) is 0.693. The van der Waals surface area contributed by atoms with E-state index in [0.717, 1.165) is 18.4 Å². The molecule has 2 heterocycles. The molecule has 0 spiro atoms. The Hall–Kier alpha value is -3.43. The van der Waals surface area contributed by atoms with Crippen LogP contribution in [0.5, 0.6) is 0 Å². The molecule has 1 unspecified atom stereocenters. The number of carbonyl (C=O) groups is 2. The van der Waals surface area contributed by atoms with E-state index in [1.165, 1.54) is 82.6 Å². The zero-order valence-electron chi connectivity index (χ0n) is 26.6. The molecule has 1 fully saturated rings. The van der Waals surface area contributed by atoms with Crippen LogP contribution in [0.4, 0.5) is 9.59 Å². The van der Waals surface area contributed by atoms with Crippen LogP contribution in [0.25, 0.3) is 11.4 Å². The van der Waals surface area contributed by atoms with E-state index in [-0.39, 0.29) is 5.96 Å². The Morgan fingerprint density at radius 3 is 2.19 bits per heavy atom.